The summed E-state index contributed by atoms with van der Waals surface area (Å²) in [6.07, 6.45) is 5.90. The van der Waals surface area contributed by atoms with Gasteiger partial charge in [0.25, 0.3) is 5.43 Å². The van der Waals surface area contributed by atoms with Crippen LogP contribution < -0.4 is 15.1 Å². The maximum Gasteiger partial charge on any atom is 1.04 e. The first-order valence-corrected chi connectivity index (χ1v) is 14.3. The Morgan fingerprint density at radius 2 is 1.35 bits per heavy atom. The summed E-state index contributed by atoms with van der Waals surface area (Å²) in [4.78, 5) is 7.02. The minimum absolute atomic E-state index is 0.546. The molecular formula is C36H24BN2O4+. The number of nitrogens with one attached hydrogen (secondary N) is 2. The molecule has 0 amide bonds. The summed E-state index contributed by atoms with van der Waals surface area (Å²) in [5, 5.41) is 4.23. The molecule has 4 heterocycles. The third-order valence-corrected chi connectivity index (χ3v) is 8.12. The fourth-order valence-corrected chi connectivity index (χ4v) is 6.10. The van der Waals surface area contributed by atoms with Gasteiger partial charge in [-0.1, -0.05) is 72.8 Å². The highest BCUT2D eigenvalue weighted by atomic mass is 16.9. The van der Waals surface area contributed by atoms with Crippen molar-refractivity contribution in [3.8, 4) is 17.0 Å². The van der Waals surface area contributed by atoms with E-state index in [2.05, 4.69) is 64.6 Å². The van der Waals surface area contributed by atoms with Gasteiger partial charge in [0, 0.05) is 40.9 Å². The number of hydrogen-bond acceptors (Lipinski definition) is 3. The van der Waals surface area contributed by atoms with Crippen LogP contribution in [-0.2, 0) is 9.31 Å². The lowest BCUT2D eigenvalue weighted by Gasteiger charge is -2.34. The predicted molar refractivity (Wildman–Crippen MR) is 169 cm³/mol. The maximum atomic E-state index is 6.57. The van der Waals surface area contributed by atoms with E-state index in [9.17, 15) is 0 Å². The zero-order valence-corrected chi connectivity index (χ0v) is 22.9. The van der Waals surface area contributed by atoms with E-state index >= 15 is 0 Å². The van der Waals surface area contributed by atoms with Crippen LogP contribution in [0.15, 0.2) is 149 Å². The lowest BCUT2D eigenvalue weighted by atomic mass is 9.95. The molecule has 2 N–H and O–H groups in total. The third-order valence-electron chi connectivity index (χ3n) is 8.12. The molecule has 0 saturated heterocycles. The Kier molecular flexibility index (Phi) is 5.04. The molecule has 6 nitrogen and oxygen atoms in total. The Balaban J connectivity index is 1.21. The molecule has 1 unspecified atom stereocenters. The Morgan fingerprint density at radius 1 is 0.605 bits per heavy atom. The van der Waals surface area contributed by atoms with Gasteiger partial charge in [0.05, 0.1) is 11.4 Å². The van der Waals surface area contributed by atoms with Crippen LogP contribution in [0, 0.1) is 0 Å². The van der Waals surface area contributed by atoms with Crippen LogP contribution in [-0.4, -0.2) is 17.7 Å². The van der Waals surface area contributed by atoms with Gasteiger partial charge in [-0.3, -0.25) is 0 Å². The lowest BCUT2D eigenvalue weighted by molar-refractivity contribution is -0.388. The number of rotatable bonds is 3. The first-order chi connectivity index (χ1) is 21.2. The number of H-pyrrole nitrogens is 1. The highest BCUT2D eigenvalue weighted by Crippen LogP contribution is 2.39. The van der Waals surface area contributed by atoms with Gasteiger partial charge in [-0.25, -0.2) is 4.99 Å². The molecule has 0 saturated carbocycles. The number of aromatic nitrogens is 1. The molecule has 0 bridgehead atoms. The van der Waals surface area contributed by atoms with Crippen molar-refractivity contribution in [3.05, 3.63) is 166 Å². The number of benzene rings is 5. The zero-order chi connectivity index (χ0) is 28.4. The van der Waals surface area contributed by atoms with E-state index in [0.29, 0.717) is 22.7 Å². The molecule has 1 spiro atoms. The second-order valence-corrected chi connectivity index (χ2v) is 10.8. The van der Waals surface area contributed by atoms with E-state index in [1.165, 1.54) is 0 Å². The van der Waals surface area contributed by atoms with Gasteiger partial charge in [0.1, 0.15) is 11.1 Å². The molecule has 6 aromatic rings. The second-order valence-electron chi connectivity index (χ2n) is 10.8. The van der Waals surface area contributed by atoms with Gasteiger partial charge in [0.2, 0.25) is 11.4 Å². The summed E-state index contributed by atoms with van der Waals surface area (Å²) in [7, 11) is 0. The molecule has 0 radical (unpaired) electrons. The highest BCUT2D eigenvalue weighted by Gasteiger charge is 2.62. The summed E-state index contributed by atoms with van der Waals surface area (Å²) in [5.74, 6) is 1.74. The third kappa shape index (κ3) is 3.90. The topological polar surface area (TPSA) is 68.8 Å². The predicted octanol–water partition coefficient (Wildman–Crippen LogP) is 5.59. The summed E-state index contributed by atoms with van der Waals surface area (Å²) in [6.45, 7) is -2.76. The van der Waals surface area contributed by atoms with E-state index in [1.807, 2.05) is 78.9 Å². The van der Waals surface area contributed by atoms with Crippen LogP contribution in [0.4, 0.5) is 0 Å². The largest absolute Gasteiger partial charge is 1.04 e. The van der Waals surface area contributed by atoms with Crippen LogP contribution >= 0.6 is 0 Å². The Hall–Kier alpha value is -5.82. The van der Waals surface area contributed by atoms with E-state index in [4.69, 9.17) is 18.3 Å². The van der Waals surface area contributed by atoms with Crippen molar-refractivity contribution in [2.75, 3.05) is 0 Å². The lowest BCUT2D eigenvalue weighted by Crippen LogP contribution is -2.69. The van der Waals surface area contributed by atoms with E-state index < -0.39 is 6.96 Å². The van der Waals surface area contributed by atoms with Gasteiger partial charge >= 0.3 is 6.96 Å². The van der Waals surface area contributed by atoms with Crippen LogP contribution in [0.1, 0.15) is 11.3 Å². The minimum atomic E-state index is -2.76. The van der Waals surface area contributed by atoms with Crippen molar-refractivity contribution in [1.29, 1.82) is 0 Å². The molecule has 0 fully saturated rings. The molecule has 3 aliphatic heterocycles. The summed E-state index contributed by atoms with van der Waals surface area (Å²) in [6, 6.07) is 38.7. The van der Waals surface area contributed by atoms with E-state index in [-0.39, 0.29) is 0 Å². The standard InChI is InChI=1S/C36H23BN2O4/c1-3-8-23(9-4-1)27-16-18-29(38-27)33-22-34(30-19-17-28(39-30)24-10-5-2-6-11-24)43-37(42-33)40-31-20-14-25-12-7-13-26-15-21-32(41-37)36(31)35(25)26/h1-22,38H/p+1/b34-30-. The molecule has 43 heavy (non-hydrogen) atoms. The second kappa shape index (κ2) is 9.09. The molecule has 7 heteroatoms. The number of allylic oxidation sites excluding steroid dienone is 3. The molecule has 204 valence electrons. The fourth-order valence-electron chi connectivity index (χ4n) is 6.10. The van der Waals surface area contributed by atoms with Gasteiger partial charge in [-0.2, -0.15) is 0 Å². The van der Waals surface area contributed by atoms with Crippen molar-refractivity contribution < 1.29 is 19.0 Å². The van der Waals surface area contributed by atoms with Gasteiger partial charge in [-0.05, 0) is 52.7 Å². The monoisotopic (exact) mass is 559 g/mol. The SMILES string of the molecule is C1=C/C(=C2\C=C(c3ccc(-c4ccccc4)[nH]3)O[B-]3(O2)Oc2ccc4cccc5ccc(c2c45)=[O+]3)[NH+]=C1c1ccccc1. The normalized spacial score (nSPS) is 20.4. The molecular weight excluding hydrogens is 535 g/mol. The van der Waals surface area contributed by atoms with Crippen LogP contribution in [0.25, 0.3) is 38.6 Å². The average molecular weight is 559 g/mol. The summed E-state index contributed by atoms with van der Waals surface area (Å²) in [5.41, 5.74) is 6.30. The Morgan fingerprint density at radius 3 is 2.16 bits per heavy atom. The van der Waals surface area contributed by atoms with Crippen molar-refractivity contribution in [1.82, 2.24) is 4.98 Å². The van der Waals surface area contributed by atoms with Crippen molar-refractivity contribution in [2.24, 2.45) is 0 Å². The molecule has 5 aromatic carbocycles. The van der Waals surface area contributed by atoms with E-state index in [0.717, 1.165) is 55.5 Å². The smallest absolute Gasteiger partial charge is 0.551 e. The van der Waals surface area contributed by atoms with E-state index in [1.54, 1.807) is 0 Å². The summed E-state index contributed by atoms with van der Waals surface area (Å²) < 4.78 is 26.2. The molecule has 9 rings (SSSR count). The fraction of sp³-hybridized carbons (Fsp3) is 0. The molecule has 1 aromatic heterocycles. The zero-order valence-electron chi connectivity index (χ0n) is 22.9. The highest BCUT2D eigenvalue weighted by molar-refractivity contribution is 6.66. The quantitative estimate of drug-likeness (QED) is 0.220. The van der Waals surface area contributed by atoms with Crippen molar-refractivity contribution >= 4 is 40.0 Å². The van der Waals surface area contributed by atoms with Gasteiger partial charge in [-0.15, -0.1) is 0 Å². The number of aromatic amines is 1. The summed E-state index contributed by atoms with van der Waals surface area (Å²) >= 11 is 0. The average Bonchev–Trinajstić information content (AvgIpc) is 3.76. The van der Waals surface area contributed by atoms with Gasteiger partial charge in [0.15, 0.2) is 5.76 Å². The maximum absolute atomic E-state index is 6.57. The van der Waals surface area contributed by atoms with Crippen LogP contribution in [0.3, 0.4) is 0 Å². The van der Waals surface area contributed by atoms with Crippen LogP contribution in [0.2, 0.25) is 0 Å². The molecule has 0 aliphatic carbocycles. The first-order valence-electron chi connectivity index (χ1n) is 14.3. The minimum Gasteiger partial charge on any atom is -0.551 e. The van der Waals surface area contributed by atoms with Gasteiger partial charge < -0.3 is 23.3 Å². The first kappa shape index (κ1) is 23.8. The Bertz CT molecular complexity index is 2250. The Labute approximate surface area is 246 Å². The van der Waals surface area contributed by atoms with Crippen molar-refractivity contribution in [2.45, 2.75) is 0 Å². The molecule has 3 aliphatic rings. The number of hydrogen-bond donors (Lipinski definition) is 2. The van der Waals surface area contributed by atoms with Crippen molar-refractivity contribution in [3.63, 3.8) is 0 Å². The molecule has 1 atom stereocenters. The van der Waals surface area contributed by atoms with Crippen LogP contribution in [0.5, 0.6) is 5.75 Å².